The number of carbonyl (C=O) groups is 2. The number of carboxylic acids is 2. The summed E-state index contributed by atoms with van der Waals surface area (Å²) in [5.41, 5.74) is -2.40. The Bertz CT molecular complexity index is 349. The van der Waals surface area contributed by atoms with Gasteiger partial charge in [0, 0.05) is 0 Å². The van der Waals surface area contributed by atoms with Gasteiger partial charge in [0.1, 0.15) is 5.41 Å². The molecule has 3 atom stereocenters. The molecule has 17 heavy (non-hydrogen) atoms. The standard InChI is InChI=1S/C12H18O5/c1-2-11(9(13)14)5-3-4-6-12(11,10(15)16)8-7-17-8/h8H,2-7H2,1H3,(H,13,14)(H,15,16). The second kappa shape index (κ2) is 3.98. The third-order valence-electron chi connectivity index (χ3n) is 4.56. The van der Waals surface area contributed by atoms with Gasteiger partial charge in [-0.15, -0.1) is 0 Å². The number of aliphatic carboxylic acids is 2. The quantitative estimate of drug-likeness (QED) is 0.730. The topological polar surface area (TPSA) is 87.1 Å². The number of carboxylic acid groups (broad SMARTS) is 2. The van der Waals surface area contributed by atoms with Crippen LogP contribution in [0.15, 0.2) is 0 Å². The second-order valence-corrected chi connectivity index (χ2v) is 5.05. The van der Waals surface area contributed by atoms with Crippen LogP contribution < -0.4 is 0 Å². The average Bonchev–Trinajstić information content (AvgIpc) is 3.11. The van der Waals surface area contributed by atoms with Gasteiger partial charge < -0.3 is 14.9 Å². The molecule has 1 aliphatic carbocycles. The van der Waals surface area contributed by atoms with Crippen molar-refractivity contribution in [3.05, 3.63) is 0 Å². The zero-order chi connectivity index (χ0) is 12.7. The van der Waals surface area contributed by atoms with Crippen LogP contribution in [0.4, 0.5) is 0 Å². The highest BCUT2D eigenvalue weighted by Crippen LogP contribution is 2.58. The summed E-state index contributed by atoms with van der Waals surface area (Å²) in [6.07, 6.45) is 2.31. The maximum absolute atomic E-state index is 11.7. The van der Waals surface area contributed by atoms with Crippen molar-refractivity contribution in [1.29, 1.82) is 0 Å². The van der Waals surface area contributed by atoms with Gasteiger partial charge in [-0.1, -0.05) is 19.8 Å². The Morgan fingerprint density at radius 1 is 1.24 bits per heavy atom. The van der Waals surface area contributed by atoms with Crippen molar-refractivity contribution in [2.75, 3.05) is 6.61 Å². The molecule has 0 spiro atoms. The number of epoxide rings is 1. The third kappa shape index (κ3) is 1.48. The summed E-state index contributed by atoms with van der Waals surface area (Å²) in [6.45, 7) is 2.14. The first-order valence-corrected chi connectivity index (χ1v) is 6.09. The molecule has 1 saturated carbocycles. The molecular formula is C12H18O5. The van der Waals surface area contributed by atoms with Gasteiger partial charge in [0.05, 0.1) is 18.1 Å². The van der Waals surface area contributed by atoms with Crippen LogP contribution in [0.5, 0.6) is 0 Å². The normalized spacial score (nSPS) is 40.9. The molecule has 1 aliphatic heterocycles. The number of ether oxygens (including phenoxy) is 1. The van der Waals surface area contributed by atoms with Crippen molar-refractivity contribution in [3.8, 4) is 0 Å². The van der Waals surface area contributed by atoms with Crippen LogP contribution >= 0.6 is 0 Å². The first kappa shape index (κ1) is 12.4. The molecule has 0 amide bonds. The van der Waals surface area contributed by atoms with Gasteiger partial charge in [-0.05, 0) is 19.3 Å². The molecule has 96 valence electrons. The minimum atomic E-state index is -1.23. The molecule has 0 aromatic carbocycles. The molecule has 1 saturated heterocycles. The predicted octanol–water partition coefficient (Wildman–Crippen LogP) is 1.51. The molecule has 1 heterocycles. The summed E-state index contributed by atoms with van der Waals surface area (Å²) in [5, 5.41) is 19.1. The van der Waals surface area contributed by atoms with E-state index in [9.17, 15) is 19.8 Å². The Balaban J connectivity index is 2.51. The van der Waals surface area contributed by atoms with E-state index < -0.39 is 28.9 Å². The van der Waals surface area contributed by atoms with E-state index in [0.717, 1.165) is 12.8 Å². The van der Waals surface area contributed by atoms with E-state index in [2.05, 4.69) is 0 Å². The highest BCUT2D eigenvalue weighted by Gasteiger charge is 2.68. The molecule has 5 heteroatoms. The van der Waals surface area contributed by atoms with Gasteiger partial charge in [0.15, 0.2) is 0 Å². The Hall–Kier alpha value is -1.10. The molecule has 2 fully saturated rings. The SMILES string of the molecule is CCC1(C(=O)O)CCCCC1(C(=O)O)C1CO1. The molecule has 0 radical (unpaired) electrons. The third-order valence-corrected chi connectivity index (χ3v) is 4.56. The van der Waals surface area contributed by atoms with Gasteiger partial charge in [-0.2, -0.15) is 0 Å². The van der Waals surface area contributed by atoms with Crippen molar-refractivity contribution in [1.82, 2.24) is 0 Å². The Kier molecular flexibility index (Phi) is 2.89. The molecule has 2 rings (SSSR count). The van der Waals surface area contributed by atoms with Crippen LogP contribution in [0.1, 0.15) is 39.0 Å². The lowest BCUT2D eigenvalue weighted by atomic mass is 9.53. The lowest BCUT2D eigenvalue weighted by Crippen LogP contribution is -2.57. The van der Waals surface area contributed by atoms with E-state index in [1.54, 1.807) is 6.92 Å². The molecule has 0 bridgehead atoms. The van der Waals surface area contributed by atoms with Crippen molar-refractivity contribution in [2.24, 2.45) is 10.8 Å². The molecule has 2 N–H and O–H groups in total. The number of rotatable bonds is 4. The monoisotopic (exact) mass is 242 g/mol. The van der Waals surface area contributed by atoms with Gasteiger partial charge in [-0.3, -0.25) is 9.59 Å². The van der Waals surface area contributed by atoms with Crippen LogP contribution in [-0.2, 0) is 14.3 Å². The molecule has 3 unspecified atom stereocenters. The summed E-state index contributed by atoms with van der Waals surface area (Å²) >= 11 is 0. The van der Waals surface area contributed by atoms with Crippen LogP contribution in [0.25, 0.3) is 0 Å². The first-order chi connectivity index (χ1) is 8.01. The maximum Gasteiger partial charge on any atom is 0.313 e. The van der Waals surface area contributed by atoms with Crippen LogP contribution in [0.3, 0.4) is 0 Å². The fraction of sp³-hybridized carbons (Fsp3) is 0.833. The summed E-state index contributed by atoms with van der Waals surface area (Å²) in [4.78, 5) is 23.3. The van der Waals surface area contributed by atoms with Crippen molar-refractivity contribution >= 4 is 11.9 Å². The summed E-state index contributed by atoms with van der Waals surface area (Å²) in [6, 6.07) is 0. The van der Waals surface area contributed by atoms with E-state index in [-0.39, 0.29) is 0 Å². The van der Waals surface area contributed by atoms with Crippen LogP contribution in [-0.4, -0.2) is 34.9 Å². The van der Waals surface area contributed by atoms with Gasteiger partial charge >= 0.3 is 11.9 Å². The summed E-state index contributed by atoms with van der Waals surface area (Å²) < 4.78 is 5.18. The lowest BCUT2D eigenvalue weighted by Gasteiger charge is -2.47. The van der Waals surface area contributed by atoms with Crippen molar-refractivity contribution in [3.63, 3.8) is 0 Å². The van der Waals surface area contributed by atoms with E-state index >= 15 is 0 Å². The molecule has 2 aliphatic rings. The van der Waals surface area contributed by atoms with Gasteiger partial charge in [0.25, 0.3) is 0 Å². The fourth-order valence-corrected chi connectivity index (χ4v) is 3.49. The van der Waals surface area contributed by atoms with Crippen molar-refractivity contribution < 1.29 is 24.5 Å². The summed E-state index contributed by atoms with van der Waals surface area (Å²) in [7, 11) is 0. The molecule has 0 aromatic rings. The van der Waals surface area contributed by atoms with Gasteiger partial charge in [-0.25, -0.2) is 0 Å². The fourth-order valence-electron chi connectivity index (χ4n) is 3.49. The van der Waals surface area contributed by atoms with E-state index in [1.165, 1.54) is 0 Å². The Morgan fingerprint density at radius 2 is 1.82 bits per heavy atom. The zero-order valence-corrected chi connectivity index (χ0v) is 9.94. The minimum absolute atomic E-state index is 0.342. The lowest BCUT2D eigenvalue weighted by molar-refractivity contribution is -0.183. The van der Waals surface area contributed by atoms with E-state index in [1.807, 2.05) is 0 Å². The molecule has 5 nitrogen and oxygen atoms in total. The zero-order valence-electron chi connectivity index (χ0n) is 9.94. The van der Waals surface area contributed by atoms with Crippen LogP contribution in [0.2, 0.25) is 0 Å². The largest absolute Gasteiger partial charge is 0.481 e. The van der Waals surface area contributed by atoms with E-state index in [0.29, 0.717) is 25.9 Å². The predicted molar refractivity (Wildman–Crippen MR) is 58.6 cm³/mol. The Labute approximate surface area is 99.8 Å². The summed E-state index contributed by atoms with van der Waals surface area (Å²) in [5.74, 6) is -2.00. The Morgan fingerprint density at radius 3 is 2.24 bits per heavy atom. The van der Waals surface area contributed by atoms with Crippen LogP contribution in [0, 0.1) is 10.8 Å². The molecule has 0 aromatic heterocycles. The average molecular weight is 242 g/mol. The van der Waals surface area contributed by atoms with E-state index in [4.69, 9.17) is 4.74 Å². The van der Waals surface area contributed by atoms with Gasteiger partial charge in [0.2, 0.25) is 0 Å². The number of hydrogen-bond acceptors (Lipinski definition) is 3. The second-order valence-electron chi connectivity index (χ2n) is 5.05. The molecular weight excluding hydrogens is 224 g/mol. The van der Waals surface area contributed by atoms with Crippen molar-refractivity contribution in [2.45, 2.75) is 45.1 Å². The maximum atomic E-state index is 11.7. The first-order valence-electron chi connectivity index (χ1n) is 6.09. The minimum Gasteiger partial charge on any atom is -0.481 e. The number of hydrogen-bond donors (Lipinski definition) is 2. The highest BCUT2D eigenvalue weighted by atomic mass is 16.6. The highest BCUT2D eigenvalue weighted by molar-refractivity contribution is 5.88. The smallest absolute Gasteiger partial charge is 0.313 e.